The highest BCUT2D eigenvalue weighted by atomic mass is 32.1. The molecule has 104 valence electrons. The molecule has 0 unspecified atom stereocenters. The third-order valence-corrected chi connectivity index (χ3v) is 4.27. The molecule has 0 spiro atoms. The van der Waals surface area contributed by atoms with Crippen molar-refractivity contribution in [2.75, 3.05) is 5.73 Å². The van der Waals surface area contributed by atoms with Gasteiger partial charge in [-0.1, -0.05) is 6.07 Å². The number of hydrogen-bond donors (Lipinski definition) is 1. The van der Waals surface area contributed by atoms with E-state index in [9.17, 15) is 4.79 Å². The molecule has 3 heterocycles. The first-order chi connectivity index (χ1) is 10.2. The number of thiophene rings is 1. The highest BCUT2D eigenvalue weighted by molar-refractivity contribution is 7.17. The Bertz CT molecular complexity index is 1010. The third kappa shape index (κ3) is 1.92. The fraction of sp³-hybridized carbons (Fsp3) is 0.0667. The summed E-state index contributed by atoms with van der Waals surface area (Å²) in [7, 11) is 0. The molecule has 6 heteroatoms. The van der Waals surface area contributed by atoms with Crippen molar-refractivity contribution in [3.63, 3.8) is 0 Å². The minimum Gasteiger partial charge on any atom is -0.439 e. The number of nitrogen functional groups attached to an aromatic ring is 1. The monoisotopic (exact) mass is 297 g/mol. The SMILES string of the molecule is Nc1cccc2oc(Cn3ccc4sccc4c3=O)nc12. The van der Waals surface area contributed by atoms with Gasteiger partial charge in [-0.3, -0.25) is 4.79 Å². The number of nitrogens with zero attached hydrogens (tertiary/aromatic N) is 2. The summed E-state index contributed by atoms with van der Waals surface area (Å²) in [5, 5.41) is 2.63. The van der Waals surface area contributed by atoms with E-state index in [0.717, 1.165) is 10.1 Å². The molecule has 0 aliphatic rings. The minimum atomic E-state index is -0.0380. The quantitative estimate of drug-likeness (QED) is 0.577. The molecule has 0 saturated heterocycles. The predicted molar refractivity (Wildman–Crippen MR) is 83.6 cm³/mol. The molecule has 0 bridgehead atoms. The first-order valence-electron chi connectivity index (χ1n) is 6.43. The molecule has 0 atom stereocenters. The molecule has 0 radical (unpaired) electrons. The van der Waals surface area contributed by atoms with E-state index >= 15 is 0 Å². The van der Waals surface area contributed by atoms with Crippen LogP contribution in [0.4, 0.5) is 5.69 Å². The van der Waals surface area contributed by atoms with Gasteiger partial charge in [-0.05, 0) is 29.6 Å². The number of benzene rings is 1. The second-order valence-electron chi connectivity index (χ2n) is 4.75. The zero-order valence-corrected chi connectivity index (χ0v) is 11.8. The molecule has 2 N–H and O–H groups in total. The maximum absolute atomic E-state index is 12.4. The van der Waals surface area contributed by atoms with Crippen LogP contribution in [0.1, 0.15) is 5.89 Å². The van der Waals surface area contributed by atoms with Gasteiger partial charge in [-0.15, -0.1) is 11.3 Å². The van der Waals surface area contributed by atoms with Crippen LogP contribution >= 0.6 is 11.3 Å². The third-order valence-electron chi connectivity index (χ3n) is 3.39. The summed E-state index contributed by atoms with van der Waals surface area (Å²) < 4.78 is 8.23. The first-order valence-corrected chi connectivity index (χ1v) is 7.31. The van der Waals surface area contributed by atoms with Crippen molar-refractivity contribution >= 4 is 38.2 Å². The van der Waals surface area contributed by atoms with Crippen molar-refractivity contribution in [1.82, 2.24) is 9.55 Å². The Labute approximate surface area is 123 Å². The number of pyridine rings is 1. The van der Waals surface area contributed by atoms with Crippen LogP contribution in [0.3, 0.4) is 0 Å². The molecule has 1 aromatic carbocycles. The van der Waals surface area contributed by atoms with Crippen molar-refractivity contribution in [2.24, 2.45) is 0 Å². The number of hydrogen-bond acceptors (Lipinski definition) is 5. The van der Waals surface area contributed by atoms with Crippen molar-refractivity contribution in [1.29, 1.82) is 0 Å². The maximum atomic E-state index is 12.4. The van der Waals surface area contributed by atoms with Gasteiger partial charge >= 0.3 is 0 Å². The van der Waals surface area contributed by atoms with E-state index < -0.39 is 0 Å². The number of fused-ring (bicyclic) bond motifs is 2. The van der Waals surface area contributed by atoms with E-state index in [-0.39, 0.29) is 5.56 Å². The van der Waals surface area contributed by atoms with Gasteiger partial charge in [0.2, 0.25) is 5.89 Å². The standard InChI is InChI=1S/C15H11N3O2S/c16-10-2-1-3-11-14(10)17-13(20-11)8-18-6-4-12-9(15(18)19)5-7-21-12/h1-7H,8,16H2. The van der Waals surface area contributed by atoms with Gasteiger partial charge in [0.05, 0.1) is 11.1 Å². The molecule has 0 aliphatic heterocycles. The maximum Gasteiger partial charge on any atom is 0.259 e. The average Bonchev–Trinajstić information content (AvgIpc) is 3.09. The second kappa shape index (κ2) is 4.46. The van der Waals surface area contributed by atoms with Crippen LogP contribution < -0.4 is 11.3 Å². The van der Waals surface area contributed by atoms with Crippen molar-refractivity contribution in [2.45, 2.75) is 6.54 Å². The van der Waals surface area contributed by atoms with Crippen molar-refractivity contribution in [3.05, 3.63) is 58.2 Å². The summed E-state index contributed by atoms with van der Waals surface area (Å²) in [4.78, 5) is 16.7. The molecule has 0 amide bonds. The Morgan fingerprint density at radius 1 is 1.29 bits per heavy atom. The highest BCUT2D eigenvalue weighted by Gasteiger charge is 2.10. The molecule has 0 aliphatic carbocycles. The van der Waals surface area contributed by atoms with E-state index in [0.29, 0.717) is 29.2 Å². The number of anilines is 1. The van der Waals surface area contributed by atoms with Crippen LogP contribution in [-0.2, 0) is 6.54 Å². The molecule has 0 fully saturated rings. The van der Waals surface area contributed by atoms with Crippen LogP contribution in [0.2, 0.25) is 0 Å². The largest absolute Gasteiger partial charge is 0.439 e. The topological polar surface area (TPSA) is 74.0 Å². The summed E-state index contributed by atoms with van der Waals surface area (Å²) in [6, 6.07) is 9.17. The Kier molecular flexibility index (Phi) is 2.58. The van der Waals surface area contributed by atoms with Crippen LogP contribution in [0.5, 0.6) is 0 Å². The molecular weight excluding hydrogens is 286 g/mol. The normalized spacial score (nSPS) is 11.4. The van der Waals surface area contributed by atoms with Crippen molar-refractivity contribution in [3.8, 4) is 0 Å². The Morgan fingerprint density at radius 2 is 2.19 bits per heavy atom. The van der Waals surface area contributed by atoms with Crippen LogP contribution in [0.15, 0.2) is 51.1 Å². The number of aromatic nitrogens is 2. The summed E-state index contributed by atoms with van der Waals surface area (Å²) in [6.45, 7) is 0.290. The summed E-state index contributed by atoms with van der Waals surface area (Å²) in [5.41, 5.74) is 7.67. The molecule has 3 aromatic heterocycles. The van der Waals surface area contributed by atoms with Gasteiger partial charge in [0.15, 0.2) is 5.58 Å². The number of para-hydroxylation sites is 1. The average molecular weight is 297 g/mol. The lowest BCUT2D eigenvalue weighted by Gasteiger charge is -2.01. The number of rotatable bonds is 2. The van der Waals surface area contributed by atoms with Gasteiger partial charge in [0.25, 0.3) is 5.56 Å². The smallest absolute Gasteiger partial charge is 0.259 e. The molecule has 0 saturated carbocycles. The van der Waals surface area contributed by atoms with Crippen molar-refractivity contribution < 1.29 is 4.42 Å². The van der Waals surface area contributed by atoms with Gasteiger partial charge < -0.3 is 14.7 Å². The summed E-state index contributed by atoms with van der Waals surface area (Å²) in [5.74, 6) is 0.472. The Morgan fingerprint density at radius 3 is 3.05 bits per heavy atom. The van der Waals surface area contributed by atoms with E-state index in [4.69, 9.17) is 10.2 Å². The number of nitrogens with two attached hydrogens (primary N) is 1. The van der Waals surface area contributed by atoms with E-state index in [1.165, 1.54) is 0 Å². The molecule has 5 nitrogen and oxygen atoms in total. The lowest BCUT2D eigenvalue weighted by atomic mass is 10.3. The fourth-order valence-electron chi connectivity index (χ4n) is 2.36. The molecule has 4 aromatic rings. The van der Waals surface area contributed by atoms with Crippen LogP contribution in [0, 0.1) is 0 Å². The second-order valence-corrected chi connectivity index (χ2v) is 5.70. The molecular formula is C15H11N3O2S. The molecule has 21 heavy (non-hydrogen) atoms. The zero-order chi connectivity index (χ0) is 14.4. The Hall–Kier alpha value is -2.60. The van der Waals surface area contributed by atoms with Gasteiger partial charge in [0.1, 0.15) is 12.1 Å². The minimum absolute atomic E-state index is 0.0380. The van der Waals surface area contributed by atoms with Gasteiger partial charge in [-0.2, -0.15) is 0 Å². The first kappa shape index (κ1) is 12.2. The number of oxazole rings is 1. The molecule has 4 rings (SSSR count). The van der Waals surface area contributed by atoms with E-state index in [2.05, 4.69) is 4.98 Å². The van der Waals surface area contributed by atoms with E-state index in [1.54, 1.807) is 28.2 Å². The zero-order valence-electron chi connectivity index (χ0n) is 10.9. The lowest BCUT2D eigenvalue weighted by Crippen LogP contribution is -2.19. The van der Waals surface area contributed by atoms with E-state index in [1.807, 2.05) is 29.6 Å². The predicted octanol–water partition coefficient (Wildman–Crippen LogP) is 2.83. The lowest BCUT2D eigenvalue weighted by molar-refractivity contribution is 0.505. The van der Waals surface area contributed by atoms with Gasteiger partial charge in [-0.25, -0.2) is 4.98 Å². The van der Waals surface area contributed by atoms with Gasteiger partial charge in [0, 0.05) is 10.9 Å². The Balaban J connectivity index is 1.80. The van der Waals surface area contributed by atoms with Crippen LogP contribution in [-0.4, -0.2) is 9.55 Å². The summed E-state index contributed by atoms with van der Waals surface area (Å²) >= 11 is 1.55. The highest BCUT2D eigenvalue weighted by Crippen LogP contribution is 2.22. The summed E-state index contributed by atoms with van der Waals surface area (Å²) in [6.07, 6.45) is 1.76. The fourth-order valence-corrected chi connectivity index (χ4v) is 3.13. The van der Waals surface area contributed by atoms with Crippen LogP contribution in [0.25, 0.3) is 21.2 Å².